The van der Waals surface area contributed by atoms with Gasteiger partial charge in [0.05, 0.1) is 6.54 Å². The molecule has 3 rings (SSSR count). The fourth-order valence-corrected chi connectivity index (χ4v) is 3.82. The van der Waals surface area contributed by atoms with Crippen LogP contribution in [0.3, 0.4) is 0 Å². The van der Waals surface area contributed by atoms with Crippen molar-refractivity contribution in [3.8, 4) is 0 Å². The number of anilines is 1. The molecule has 3 heterocycles. The average Bonchev–Trinajstić information content (AvgIpc) is 3.37. The molecule has 0 saturated carbocycles. The SMILES string of the molecule is CCNC(=NCc1ccc(N2CCCC2)nc1)N(C)CCc1cccs1. The lowest BCUT2D eigenvalue weighted by atomic mass is 10.3. The molecule has 0 aliphatic carbocycles. The first-order valence-electron chi connectivity index (χ1n) is 9.48. The van der Waals surface area contributed by atoms with E-state index in [-0.39, 0.29) is 0 Å². The maximum Gasteiger partial charge on any atom is 0.193 e. The van der Waals surface area contributed by atoms with E-state index < -0.39 is 0 Å². The van der Waals surface area contributed by atoms with Gasteiger partial charge in [-0.2, -0.15) is 0 Å². The van der Waals surface area contributed by atoms with Crippen LogP contribution in [0.2, 0.25) is 0 Å². The second kappa shape index (κ2) is 9.57. The molecule has 0 amide bonds. The molecule has 0 radical (unpaired) electrons. The van der Waals surface area contributed by atoms with E-state index in [1.54, 1.807) is 0 Å². The summed E-state index contributed by atoms with van der Waals surface area (Å²) in [7, 11) is 2.10. The van der Waals surface area contributed by atoms with Gasteiger partial charge < -0.3 is 15.1 Å². The number of nitrogens with zero attached hydrogens (tertiary/aromatic N) is 4. The first-order chi connectivity index (χ1) is 12.8. The molecular weight excluding hydrogens is 342 g/mol. The summed E-state index contributed by atoms with van der Waals surface area (Å²) in [4.78, 5) is 15.4. The molecule has 2 aromatic heterocycles. The Bertz CT molecular complexity index is 675. The highest BCUT2D eigenvalue weighted by molar-refractivity contribution is 7.09. The van der Waals surface area contributed by atoms with E-state index in [1.165, 1.54) is 17.7 Å². The number of aliphatic imine (C=N–C) groups is 1. The minimum Gasteiger partial charge on any atom is -0.357 e. The number of hydrogen-bond donors (Lipinski definition) is 1. The second-order valence-corrected chi connectivity index (χ2v) is 7.67. The Hall–Kier alpha value is -2.08. The Labute approximate surface area is 160 Å². The van der Waals surface area contributed by atoms with Gasteiger partial charge in [0, 0.05) is 44.3 Å². The van der Waals surface area contributed by atoms with Crippen molar-refractivity contribution >= 4 is 23.1 Å². The molecule has 0 bridgehead atoms. The minimum atomic E-state index is 0.652. The highest BCUT2D eigenvalue weighted by Crippen LogP contribution is 2.17. The van der Waals surface area contributed by atoms with E-state index in [0.29, 0.717) is 6.54 Å². The zero-order chi connectivity index (χ0) is 18.2. The lowest BCUT2D eigenvalue weighted by Crippen LogP contribution is -2.39. The van der Waals surface area contributed by atoms with E-state index in [1.807, 2.05) is 17.5 Å². The zero-order valence-corrected chi connectivity index (χ0v) is 16.6. The number of rotatable bonds is 7. The molecule has 1 fully saturated rings. The third kappa shape index (κ3) is 5.21. The van der Waals surface area contributed by atoms with Crippen molar-refractivity contribution < 1.29 is 0 Å². The Morgan fingerprint density at radius 1 is 1.31 bits per heavy atom. The number of pyridine rings is 1. The van der Waals surface area contributed by atoms with Gasteiger partial charge in [0.1, 0.15) is 5.82 Å². The van der Waals surface area contributed by atoms with Crippen LogP contribution in [-0.2, 0) is 13.0 Å². The first kappa shape index (κ1) is 18.7. The Morgan fingerprint density at radius 2 is 2.15 bits per heavy atom. The highest BCUT2D eigenvalue weighted by atomic mass is 32.1. The van der Waals surface area contributed by atoms with E-state index in [2.05, 4.69) is 63.7 Å². The molecule has 0 aromatic carbocycles. The van der Waals surface area contributed by atoms with Gasteiger partial charge in [-0.3, -0.25) is 0 Å². The Balaban J connectivity index is 1.57. The molecule has 0 atom stereocenters. The van der Waals surface area contributed by atoms with Crippen molar-refractivity contribution in [3.63, 3.8) is 0 Å². The van der Waals surface area contributed by atoms with Gasteiger partial charge in [0.2, 0.25) is 0 Å². The lowest BCUT2D eigenvalue weighted by Gasteiger charge is -2.22. The predicted molar refractivity (Wildman–Crippen MR) is 111 cm³/mol. The van der Waals surface area contributed by atoms with Crippen molar-refractivity contribution in [1.82, 2.24) is 15.2 Å². The average molecular weight is 372 g/mol. The van der Waals surface area contributed by atoms with Gasteiger partial charge in [0.15, 0.2) is 5.96 Å². The number of likely N-dealkylation sites (N-methyl/N-ethyl adjacent to an activating group) is 1. The third-order valence-electron chi connectivity index (χ3n) is 4.62. The Kier molecular flexibility index (Phi) is 6.89. The van der Waals surface area contributed by atoms with Crippen LogP contribution in [0, 0.1) is 0 Å². The largest absolute Gasteiger partial charge is 0.357 e. The van der Waals surface area contributed by atoms with Crippen LogP contribution in [0.25, 0.3) is 0 Å². The number of guanidine groups is 1. The molecule has 5 nitrogen and oxygen atoms in total. The monoisotopic (exact) mass is 371 g/mol. The molecule has 1 saturated heterocycles. The fraction of sp³-hybridized carbons (Fsp3) is 0.500. The number of aromatic nitrogens is 1. The summed E-state index contributed by atoms with van der Waals surface area (Å²) in [6, 6.07) is 8.58. The number of nitrogens with one attached hydrogen (secondary N) is 1. The maximum atomic E-state index is 4.79. The van der Waals surface area contributed by atoms with Crippen molar-refractivity contribution in [1.29, 1.82) is 0 Å². The molecule has 0 unspecified atom stereocenters. The summed E-state index contributed by atoms with van der Waals surface area (Å²) in [5.74, 6) is 2.04. The molecule has 1 aliphatic rings. The first-order valence-corrected chi connectivity index (χ1v) is 10.4. The smallest absolute Gasteiger partial charge is 0.193 e. The van der Waals surface area contributed by atoms with Crippen LogP contribution in [0.1, 0.15) is 30.2 Å². The molecule has 1 N–H and O–H groups in total. The third-order valence-corrected chi connectivity index (χ3v) is 5.56. The number of thiophene rings is 1. The zero-order valence-electron chi connectivity index (χ0n) is 15.8. The topological polar surface area (TPSA) is 43.8 Å². The van der Waals surface area contributed by atoms with Gasteiger partial charge in [-0.25, -0.2) is 9.98 Å². The maximum absolute atomic E-state index is 4.79. The summed E-state index contributed by atoms with van der Waals surface area (Å²) < 4.78 is 0. The van der Waals surface area contributed by atoms with E-state index in [0.717, 1.165) is 49.9 Å². The van der Waals surface area contributed by atoms with Gasteiger partial charge in [-0.15, -0.1) is 11.3 Å². The molecule has 1 aliphatic heterocycles. The van der Waals surface area contributed by atoms with Gasteiger partial charge in [-0.1, -0.05) is 12.1 Å². The molecule has 6 heteroatoms. The normalized spacial score (nSPS) is 14.7. The van der Waals surface area contributed by atoms with E-state index in [4.69, 9.17) is 4.99 Å². The van der Waals surface area contributed by atoms with Gasteiger partial charge in [-0.05, 0) is 49.3 Å². The molecule has 2 aromatic rings. The quantitative estimate of drug-likeness (QED) is 0.599. The second-order valence-electron chi connectivity index (χ2n) is 6.64. The highest BCUT2D eigenvalue weighted by Gasteiger charge is 2.13. The molecular formula is C20H29N5S. The summed E-state index contributed by atoms with van der Waals surface area (Å²) in [5, 5.41) is 5.52. The van der Waals surface area contributed by atoms with Crippen LogP contribution in [0.4, 0.5) is 5.82 Å². The fourth-order valence-electron chi connectivity index (χ4n) is 3.12. The summed E-state index contributed by atoms with van der Waals surface area (Å²) in [6.45, 7) is 6.84. The molecule has 26 heavy (non-hydrogen) atoms. The molecule has 140 valence electrons. The standard InChI is InChI=1S/C20H29N5S/c1-3-21-20(24(2)13-10-18-7-6-14-26-18)23-16-17-8-9-19(22-15-17)25-11-4-5-12-25/h6-9,14-15H,3-5,10-13,16H2,1-2H3,(H,21,23). The number of hydrogen-bond acceptors (Lipinski definition) is 4. The van der Waals surface area contributed by atoms with Crippen molar-refractivity contribution in [3.05, 3.63) is 46.3 Å². The van der Waals surface area contributed by atoms with Crippen molar-refractivity contribution in [2.75, 3.05) is 38.1 Å². The molecule has 0 spiro atoms. The summed E-state index contributed by atoms with van der Waals surface area (Å²) >= 11 is 1.81. The van der Waals surface area contributed by atoms with Crippen LogP contribution in [-0.4, -0.2) is 49.1 Å². The predicted octanol–water partition coefficient (Wildman–Crippen LogP) is 3.38. The van der Waals surface area contributed by atoms with E-state index >= 15 is 0 Å². The minimum absolute atomic E-state index is 0.652. The van der Waals surface area contributed by atoms with Crippen LogP contribution < -0.4 is 10.2 Å². The lowest BCUT2D eigenvalue weighted by molar-refractivity contribution is 0.486. The van der Waals surface area contributed by atoms with Gasteiger partial charge in [0.25, 0.3) is 0 Å². The van der Waals surface area contributed by atoms with Crippen LogP contribution in [0.15, 0.2) is 40.8 Å². The summed E-state index contributed by atoms with van der Waals surface area (Å²) in [5.41, 5.74) is 1.15. The summed E-state index contributed by atoms with van der Waals surface area (Å²) in [6.07, 6.45) is 5.56. The van der Waals surface area contributed by atoms with Crippen molar-refractivity contribution in [2.45, 2.75) is 32.7 Å². The Morgan fingerprint density at radius 3 is 2.81 bits per heavy atom. The van der Waals surface area contributed by atoms with Crippen LogP contribution >= 0.6 is 11.3 Å². The van der Waals surface area contributed by atoms with E-state index in [9.17, 15) is 0 Å². The van der Waals surface area contributed by atoms with Crippen LogP contribution in [0.5, 0.6) is 0 Å². The van der Waals surface area contributed by atoms with Gasteiger partial charge >= 0.3 is 0 Å². The van der Waals surface area contributed by atoms with Crippen molar-refractivity contribution in [2.24, 2.45) is 4.99 Å².